The average Bonchev–Trinajstić information content (AvgIpc) is 2.45. The summed E-state index contributed by atoms with van der Waals surface area (Å²) in [7, 11) is 0. The van der Waals surface area contributed by atoms with Crippen molar-refractivity contribution >= 4 is 17.3 Å². The first-order valence-corrected chi connectivity index (χ1v) is 6.86. The number of anilines is 1. The molecule has 0 fully saturated rings. The van der Waals surface area contributed by atoms with Crippen molar-refractivity contribution in [2.45, 2.75) is 27.2 Å². The molecule has 1 N–H and O–H groups in total. The van der Waals surface area contributed by atoms with Crippen molar-refractivity contribution in [3.8, 4) is 0 Å². The first-order valence-electron chi connectivity index (χ1n) is 6.86. The Morgan fingerprint density at radius 2 is 1.95 bits per heavy atom. The van der Waals surface area contributed by atoms with E-state index in [0.717, 1.165) is 6.42 Å². The van der Waals surface area contributed by atoms with Crippen molar-refractivity contribution in [2.75, 3.05) is 25.0 Å². The highest BCUT2D eigenvalue weighted by Gasteiger charge is 2.19. The van der Waals surface area contributed by atoms with Gasteiger partial charge in [-0.25, -0.2) is 0 Å². The number of rotatable bonds is 7. The average molecular weight is 279 g/mol. The molecule has 0 aliphatic heterocycles. The van der Waals surface area contributed by atoms with E-state index in [9.17, 15) is 14.9 Å². The van der Waals surface area contributed by atoms with Gasteiger partial charge >= 0.3 is 0 Å². The van der Waals surface area contributed by atoms with E-state index in [1.807, 2.05) is 20.8 Å². The summed E-state index contributed by atoms with van der Waals surface area (Å²) < 4.78 is 0. The number of carbonyl (C=O) groups excluding carboxylic acids is 1. The number of nitro benzene ring substituents is 1. The molecular formula is C14H21N3O3. The molecule has 110 valence electrons. The SMILES string of the molecule is CCCNc1ccc(C(=O)N(CC)CC)cc1[N+](=O)[O-]. The molecule has 0 spiro atoms. The van der Waals surface area contributed by atoms with Gasteiger partial charge in [-0.05, 0) is 32.4 Å². The number of nitrogens with one attached hydrogen (secondary N) is 1. The van der Waals surface area contributed by atoms with Gasteiger partial charge in [-0.15, -0.1) is 0 Å². The highest BCUT2D eigenvalue weighted by molar-refractivity contribution is 5.95. The first-order chi connectivity index (χ1) is 9.54. The third kappa shape index (κ3) is 3.69. The maximum atomic E-state index is 12.2. The van der Waals surface area contributed by atoms with Crippen LogP contribution in [-0.4, -0.2) is 35.4 Å². The highest BCUT2D eigenvalue weighted by Crippen LogP contribution is 2.26. The third-order valence-electron chi connectivity index (χ3n) is 3.06. The van der Waals surface area contributed by atoms with Crippen molar-refractivity contribution in [1.29, 1.82) is 0 Å². The molecule has 0 saturated heterocycles. The van der Waals surface area contributed by atoms with Gasteiger partial charge in [-0.3, -0.25) is 14.9 Å². The van der Waals surface area contributed by atoms with Crippen LogP contribution in [0.25, 0.3) is 0 Å². The highest BCUT2D eigenvalue weighted by atomic mass is 16.6. The maximum absolute atomic E-state index is 12.2. The van der Waals surface area contributed by atoms with E-state index >= 15 is 0 Å². The van der Waals surface area contributed by atoms with E-state index in [-0.39, 0.29) is 11.6 Å². The van der Waals surface area contributed by atoms with Gasteiger partial charge < -0.3 is 10.2 Å². The Hall–Kier alpha value is -2.11. The molecule has 0 heterocycles. The molecule has 0 radical (unpaired) electrons. The summed E-state index contributed by atoms with van der Waals surface area (Å²) in [5.41, 5.74) is 0.742. The lowest BCUT2D eigenvalue weighted by Gasteiger charge is -2.18. The fourth-order valence-corrected chi connectivity index (χ4v) is 1.92. The second kappa shape index (κ2) is 7.47. The Kier molecular flexibility index (Phi) is 5.96. The summed E-state index contributed by atoms with van der Waals surface area (Å²) in [5.74, 6) is -0.180. The number of hydrogen-bond donors (Lipinski definition) is 1. The van der Waals surface area contributed by atoms with Crippen molar-refractivity contribution in [1.82, 2.24) is 4.90 Å². The van der Waals surface area contributed by atoms with Crippen LogP contribution >= 0.6 is 0 Å². The van der Waals surface area contributed by atoms with E-state index in [1.165, 1.54) is 6.07 Å². The molecule has 1 rings (SSSR count). The summed E-state index contributed by atoms with van der Waals surface area (Å²) in [5, 5.41) is 14.1. The molecule has 1 aromatic rings. The Morgan fingerprint density at radius 1 is 1.30 bits per heavy atom. The van der Waals surface area contributed by atoms with Crippen molar-refractivity contribution in [3.63, 3.8) is 0 Å². The molecule has 0 aliphatic rings. The molecule has 6 nitrogen and oxygen atoms in total. The van der Waals surface area contributed by atoms with E-state index < -0.39 is 4.92 Å². The largest absolute Gasteiger partial charge is 0.380 e. The van der Waals surface area contributed by atoms with Crippen LogP contribution in [0, 0.1) is 10.1 Å². The fourth-order valence-electron chi connectivity index (χ4n) is 1.92. The maximum Gasteiger partial charge on any atom is 0.293 e. The van der Waals surface area contributed by atoms with Gasteiger partial charge in [0, 0.05) is 31.3 Å². The Balaban J connectivity index is 3.09. The normalized spacial score (nSPS) is 10.2. The Labute approximate surface area is 118 Å². The Morgan fingerprint density at radius 3 is 2.45 bits per heavy atom. The minimum atomic E-state index is -0.461. The van der Waals surface area contributed by atoms with Crippen LogP contribution in [0.1, 0.15) is 37.6 Å². The van der Waals surface area contributed by atoms with E-state index in [2.05, 4.69) is 5.32 Å². The molecular weight excluding hydrogens is 258 g/mol. The summed E-state index contributed by atoms with van der Waals surface area (Å²) in [4.78, 5) is 24.5. The number of nitro groups is 1. The van der Waals surface area contributed by atoms with Gasteiger partial charge in [0.25, 0.3) is 11.6 Å². The van der Waals surface area contributed by atoms with Crippen LogP contribution in [0.2, 0.25) is 0 Å². The van der Waals surface area contributed by atoms with Crippen molar-refractivity contribution in [2.24, 2.45) is 0 Å². The predicted molar refractivity (Wildman–Crippen MR) is 79.1 cm³/mol. The van der Waals surface area contributed by atoms with Crippen LogP contribution < -0.4 is 5.32 Å². The molecule has 1 aromatic carbocycles. The predicted octanol–water partition coefficient (Wildman–Crippen LogP) is 2.90. The summed E-state index contributed by atoms with van der Waals surface area (Å²) in [6.45, 7) is 7.57. The molecule has 0 saturated carbocycles. The number of carbonyl (C=O) groups is 1. The molecule has 0 bridgehead atoms. The number of benzene rings is 1. The summed E-state index contributed by atoms with van der Waals surface area (Å²) in [6, 6.07) is 4.58. The number of amides is 1. The monoisotopic (exact) mass is 279 g/mol. The lowest BCUT2D eigenvalue weighted by Crippen LogP contribution is -2.30. The lowest BCUT2D eigenvalue weighted by molar-refractivity contribution is -0.384. The zero-order chi connectivity index (χ0) is 15.1. The van der Waals surface area contributed by atoms with Crippen molar-refractivity contribution in [3.05, 3.63) is 33.9 Å². The zero-order valence-electron chi connectivity index (χ0n) is 12.2. The van der Waals surface area contributed by atoms with Crippen molar-refractivity contribution < 1.29 is 9.72 Å². The van der Waals surface area contributed by atoms with Gasteiger partial charge in [-0.1, -0.05) is 6.92 Å². The molecule has 0 atom stereocenters. The molecule has 20 heavy (non-hydrogen) atoms. The number of hydrogen-bond acceptors (Lipinski definition) is 4. The first kappa shape index (κ1) is 15.9. The third-order valence-corrected chi connectivity index (χ3v) is 3.06. The lowest BCUT2D eigenvalue weighted by atomic mass is 10.1. The van der Waals surface area contributed by atoms with Gasteiger partial charge in [-0.2, -0.15) is 0 Å². The molecule has 6 heteroatoms. The van der Waals surface area contributed by atoms with Gasteiger partial charge in [0.15, 0.2) is 0 Å². The van der Waals surface area contributed by atoms with E-state index in [4.69, 9.17) is 0 Å². The van der Waals surface area contributed by atoms with E-state index in [0.29, 0.717) is 30.9 Å². The minimum Gasteiger partial charge on any atom is -0.380 e. The van der Waals surface area contributed by atoms with Crippen LogP contribution in [0.4, 0.5) is 11.4 Å². The molecule has 0 aromatic heterocycles. The molecule has 1 amide bonds. The van der Waals surface area contributed by atoms with E-state index in [1.54, 1.807) is 17.0 Å². The number of nitrogens with zero attached hydrogens (tertiary/aromatic N) is 2. The summed E-state index contributed by atoms with van der Waals surface area (Å²) in [6.07, 6.45) is 0.872. The fraction of sp³-hybridized carbons (Fsp3) is 0.500. The quantitative estimate of drug-likeness (QED) is 0.615. The smallest absolute Gasteiger partial charge is 0.293 e. The minimum absolute atomic E-state index is 0.0588. The van der Waals surface area contributed by atoms with Crippen LogP contribution in [0.15, 0.2) is 18.2 Å². The molecule has 0 aliphatic carbocycles. The Bertz CT molecular complexity index is 485. The zero-order valence-corrected chi connectivity index (χ0v) is 12.2. The second-order valence-electron chi connectivity index (χ2n) is 4.39. The van der Waals surface area contributed by atoms with Gasteiger partial charge in [0.05, 0.1) is 4.92 Å². The van der Waals surface area contributed by atoms with Gasteiger partial charge in [0.2, 0.25) is 0 Å². The van der Waals surface area contributed by atoms with Crippen LogP contribution in [-0.2, 0) is 0 Å². The second-order valence-corrected chi connectivity index (χ2v) is 4.39. The standard InChI is InChI=1S/C14H21N3O3/c1-4-9-15-12-8-7-11(10-13(12)17(19)20)14(18)16(5-2)6-3/h7-8,10,15H,4-6,9H2,1-3H3. The molecule has 0 unspecified atom stereocenters. The summed E-state index contributed by atoms with van der Waals surface area (Å²) >= 11 is 0. The van der Waals surface area contributed by atoms with Crippen LogP contribution in [0.5, 0.6) is 0 Å². The van der Waals surface area contributed by atoms with Gasteiger partial charge in [0.1, 0.15) is 5.69 Å². The topological polar surface area (TPSA) is 75.5 Å². The van der Waals surface area contributed by atoms with Crippen LogP contribution in [0.3, 0.4) is 0 Å².